The minimum atomic E-state index is -1.41. The van der Waals surface area contributed by atoms with Gasteiger partial charge in [0.25, 0.3) is 0 Å². The van der Waals surface area contributed by atoms with Crippen LogP contribution in [-0.2, 0) is 16.7 Å². The van der Waals surface area contributed by atoms with Gasteiger partial charge in [0.15, 0.2) is 6.29 Å². The van der Waals surface area contributed by atoms with Gasteiger partial charge in [0, 0.05) is 49.0 Å². The first-order chi connectivity index (χ1) is 17.1. The molecule has 0 fully saturated rings. The number of hydrogen-bond donors (Lipinski definition) is 3. The molecule has 3 N–H and O–H groups in total. The Labute approximate surface area is 212 Å². The summed E-state index contributed by atoms with van der Waals surface area (Å²) in [5, 5.41) is 28.3. The van der Waals surface area contributed by atoms with Crippen LogP contribution in [0.4, 0.5) is 4.39 Å². The highest BCUT2D eigenvalue weighted by molar-refractivity contribution is 5.79. The summed E-state index contributed by atoms with van der Waals surface area (Å²) in [4.78, 5) is 9.22. The van der Waals surface area contributed by atoms with Crippen LogP contribution in [0.5, 0.6) is 0 Å². The van der Waals surface area contributed by atoms with Gasteiger partial charge in [-0.05, 0) is 62.1 Å². The number of aliphatic hydroxyl groups excluding tert-OH is 2. The predicted molar refractivity (Wildman–Crippen MR) is 138 cm³/mol. The highest BCUT2D eigenvalue weighted by Crippen LogP contribution is 2.37. The van der Waals surface area contributed by atoms with E-state index < -0.39 is 12.4 Å². The van der Waals surface area contributed by atoms with Gasteiger partial charge in [0.05, 0.1) is 23.6 Å². The Balaban J connectivity index is 1.93. The van der Waals surface area contributed by atoms with Crippen LogP contribution in [0, 0.1) is 5.82 Å². The molecular weight excluding hydrogens is 461 g/mol. The van der Waals surface area contributed by atoms with Crippen molar-refractivity contribution < 1.29 is 24.4 Å². The summed E-state index contributed by atoms with van der Waals surface area (Å²) in [6, 6.07) is 10.3. The number of hydrogen-bond acceptors (Lipinski definition) is 6. The van der Waals surface area contributed by atoms with Crippen LogP contribution in [0.3, 0.4) is 0 Å². The number of halogens is 1. The molecule has 2 atom stereocenters. The van der Waals surface area contributed by atoms with E-state index >= 15 is 0 Å². The van der Waals surface area contributed by atoms with Crippen LogP contribution in [-0.4, -0.2) is 55.5 Å². The topological polar surface area (TPSA) is 101 Å². The Morgan fingerprint density at radius 3 is 2.11 bits per heavy atom. The zero-order valence-electron chi connectivity index (χ0n) is 21.6. The maximum atomic E-state index is 13.8. The van der Waals surface area contributed by atoms with Gasteiger partial charge in [0.1, 0.15) is 11.6 Å². The van der Waals surface area contributed by atoms with Gasteiger partial charge >= 0.3 is 0 Å². The van der Waals surface area contributed by atoms with Crippen LogP contribution in [0.25, 0.3) is 22.5 Å². The lowest BCUT2D eigenvalue weighted by molar-refractivity contribution is -0.0540. The molecule has 1 aromatic carbocycles. The maximum Gasteiger partial charge on any atom is 0.151 e. The molecule has 0 bridgehead atoms. The number of imidazole rings is 1. The molecule has 196 valence electrons. The monoisotopic (exact) mass is 499 g/mol. The molecular formula is C28H38FN3O4. The number of rotatable bonds is 12. The molecule has 2 heterocycles. The van der Waals surface area contributed by atoms with Crippen LogP contribution < -0.4 is 0 Å². The summed E-state index contributed by atoms with van der Waals surface area (Å²) in [6.45, 7) is 6.99. The Morgan fingerprint density at radius 2 is 1.53 bits per heavy atom. The zero-order valence-corrected chi connectivity index (χ0v) is 21.6. The van der Waals surface area contributed by atoms with E-state index in [-0.39, 0.29) is 23.8 Å². The van der Waals surface area contributed by atoms with Gasteiger partial charge in [-0.3, -0.25) is 4.98 Å². The van der Waals surface area contributed by atoms with Crippen molar-refractivity contribution in [2.24, 2.45) is 0 Å². The smallest absolute Gasteiger partial charge is 0.151 e. The molecule has 0 saturated carbocycles. The van der Waals surface area contributed by atoms with Crippen molar-refractivity contribution in [1.29, 1.82) is 0 Å². The predicted octanol–water partition coefficient (Wildman–Crippen LogP) is 4.69. The van der Waals surface area contributed by atoms with Crippen molar-refractivity contribution in [3.05, 3.63) is 60.4 Å². The third kappa shape index (κ3) is 7.43. The van der Waals surface area contributed by atoms with Crippen molar-refractivity contribution >= 4 is 0 Å². The van der Waals surface area contributed by atoms with Gasteiger partial charge in [-0.25, -0.2) is 9.37 Å². The second-order valence-electron chi connectivity index (χ2n) is 10.2. The summed E-state index contributed by atoms with van der Waals surface area (Å²) >= 11 is 0. The Morgan fingerprint density at radius 1 is 0.889 bits per heavy atom. The molecule has 0 radical (unpaired) electrons. The molecule has 2 aromatic heterocycles. The van der Waals surface area contributed by atoms with Crippen LogP contribution in [0.1, 0.15) is 58.7 Å². The number of methoxy groups -OCH3 is 1. The molecule has 3 rings (SSSR count). The quantitative estimate of drug-likeness (QED) is 0.313. The van der Waals surface area contributed by atoms with E-state index in [9.17, 15) is 9.50 Å². The van der Waals surface area contributed by atoms with E-state index in [2.05, 4.69) is 30.3 Å². The van der Waals surface area contributed by atoms with Gasteiger partial charge < -0.3 is 24.6 Å². The molecule has 36 heavy (non-hydrogen) atoms. The van der Waals surface area contributed by atoms with Gasteiger partial charge in [-0.2, -0.15) is 0 Å². The number of ether oxygens (including phenoxy) is 1. The molecule has 0 aliphatic rings. The summed E-state index contributed by atoms with van der Waals surface area (Å²) < 4.78 is 21.7. The van der Waals surface area contributed by atoms with E-state index in [0.29, 0.717) is 32.2 Å². The standard InChI is InChI=1S/C28H38FN3O4/c1-28(2,3)27-31-25(19-13-16-30-17-14-19)26(20-5-7-21(29)8-6-20)32(27)18-15-23(36-4)11-9-22(33)10-12-24(34)35/h5-8,13-14,16-17,22-24,33-35H,9-12,15,18H2,1-4H3. The average molecular weight is 500 g/mol. The third-order valence-corrected chi connectivity index (χ3v) is 6.30. The Hall–Kier alpha value is -2.65. The zero-order chi connectivity index (χ0) is 26.3. The number of aromatic nitrogens is 3. The molecule has 8 heteroatoms. The lowest BCUT2D eigenvalue weighted by Crippen LogP contribution is -2.23. The summed E-state index contributed by atoms with van der Waals surface area (Å²) in [5.41, 5.74) is 3.30. The van der Waals surface area contributed by atoms with E-state index in [1.54, 1.807) is 31.6 Å². The third-order valence-electron chi connectivity index (χ3n) is 6.30. The normalized spacial score (nSPS) is 13.8. The molecule has 0 saturated heterocycles. The largest absolute Gasteiger partial charge is 0.393 e. The summed E-state index contributed by atoms with van der Waals surface area (Å²) in [6.07, 6.45) is 3.66. The van der Waals surface area contributed by atoms with Crippen LogP contribution in [0.2, 0.25) is 0 Å². The van der Waals surface area contributed by atoms with Crippen molar-refractivity contribution in [1.82, 2.24) is 14.5 Å². The second kappa shape index (κ2) is 12.5. The number of pyridine rings is 1. The number of nitrogens with zero attached hydrogens (tertiary/aromatic N) is 3. The van der Waals surface area contributed by atoms with Crippen LogP contribution in [0.15, 0.2) is 48.8 Å². The SMILES string of the molecule is COC(CCC(O)CCC(O)O)CCn1c(C(C)(C)C)nc(-c2ccncc2)c1-c1ccc(F)cc1. The molecule has 0 aliphatic heterocycles. The molecule has 3 aromatic rings. The molecule has 0 amide bonds. The maximum absolute atomic E-state index is 13.8. The minimum Gasteiger partial charge on any atom is -0.393 e. The lowest BCUT2D eigenvalue weighted by Gasteiger charge is -2.23. The highest BCUT2D eigenvalue weighted by Gasteiger charge is 2.28. The lowest BCUT2D eigenvalue weighted by atomic mass is 9.95. The van der Waals surface area contributed by atoms with Gasteiger partial charge in [-0.15, -0.1) is 0 Å². The van der Waals surface area contributed by atoms with Crippen molar-refractivity contribution in [2.75, 3.05) is 7.11 Å². The highest BCUT2D eigenvalue weighted by atomic mass is 19.1. The number of aliphatic hydroxyl groups is 3. The molecule has 0 spiro atoms. The fraction of sp³-hybridized carbons (Fsp3) is 0.500. The first kappa shape index (κ1) is 27.9. The summed E-state index contributed by atoms with van der Waals surface area (Å²) in [7, 11) is 1.66. The van der Waals surface area contributed by atoms with Crippen molar-refractivity contribution in [3.63, 3.8) is 0 Å². The summed E-state index contributed by atoms with van der Waals surface area (Å²) in [5.74, 6) is 0.624. The van der Waals surface area contributed by atoms with Crippen molar-refractivity contribution in [2.45, 2.75) is 83.3 Å². The first-order valence-electron chi connectivity index (χ1n) is 12.4. The van der Waals surface area contributed by atoms with E-state index in [0.717, 1.165) is 28.3 Å². The second-order valence-corrected chi connectivity index (χ2v) is 10.2. The minimum absolute atomic E-state index is 0.0978. The van der Waals surface area contributed by atoms with Gasteiger partial charge in [-0.1, -0.05) is 20.8 Å². The van der Waals surface area contributed by atoms with Gasteiger partial charge in [0.2, 0.25) is 0 Å². The molecule has 7 nitrogen and oxygen atoms in total. The first-order valence-corrected chi connectivity index (χ1v) is 12.4. The molecule has 2 unspecified atom stereocenters. The van der Waals surface area contributed by atoms with E-state index in [1.807, 2.05) is 12.1 Å². The van der Waals surface area contributed by atoms with Crippen molar-refractivity contribution in [3.8, 4) is 22.5 Å². The van der Waals surface area contributed by atoms with Crippen LogP contribution >= 0.6 is 0 Å². The fourth-order valence-corrected chi connectivity index (χ4v) is 4.37. The fourth-order valence-electron chi connectivity index (χ4n) is 4.37. The van der Waals surface area contributed by atoms with E-state index in [1.165, 1.54) is 12.1 Å². The molecule has 0 aliphatic carbocycles. The Kier molecular flexibility index (Phi) is 9.73. The Bertz CT molecular complexity index is 1080. The number of benzene rings is 1. The van der Waals surface area contributed by atoms with E-state index in [4.69, 9.17) is 19.9 Å². The average Bonchev–Trinajstić information content (AvgIpc) is 3.24.